The lowest BCUT2D eigenvalue weighted by Gasteiger charge is -2.30. The van der Waals surface area contributed by atoms with Crippen molar-refractivity contribution in [3.63, 3.8) is 0 Å². The number of sulfonamides is 1. The number of hydrogen-bond acceptors (Lipinski definition) is 3. The second-order valence-electron chi connectivity index (χ2n) is 6.13. The summed E-state index contributed by atoms with van der Waals surface area (Å²) in [6.45, 7) is 7.84. The van der Waals surface area contributed by atoms with Crippen LogP contribution in [-0.4, -0.2) is 38.3 Å². The van der Waals surface area contributed by atoms with Crippen LogP contribution >= 0.6 is 24.0 Å². The Morgan fingerprint density at radius 3 is 2.72 bits per heavy atom. The summed E-state index contributed by atoms with van der Waals surface area (Å²) >= 11 is 0. The third kappa shape index (κ3) is 6.27. The van der Waals surface area contributed by atoms with Crippen LogP contribution in [0.1, 0.15) is 25.3 Å². The molecule has 1 aromatic carbocycles. The second-order valence-corrected chi connectivity index (χ2v) is 8.06. The lowest BCUT2D eigenvalue weighted by molar-refractivity contribution is 0.281. The Balaban J connectivity index is 0.00000312. The fourth-order valence-electron chi connectivity index (χ4n) is 2.69. The van der Waals surface area contributed by atoms with Crippen LogP contribution in [0.4, 0.5) is 0 Å². The Hall–Kier alpha value is -1.13. The number of rotatable bonds is 6. The number of piperidine rings is 1. The van der Waals surface area contributed by atoms with E-state index in [-0.39, 0.29) is 24.0 Å². The maximum Gasteiger partial charge on any atom is 0.243 e. The summed E-state index contributed by atoms with van der Waals surface area (Å²) in [6.07, 6.45) is 3.71. The van der Waals surface area contributed by atoms with Gasteiger partial charge in [0.15, 0.2) is 5.96 Å². The minimum Gasteiger partial charge on any atom is -0.370 e. The van der Waals surface area contributed by atoms with Crippen LogP contribution in [-0.2, 0) is 16.6 Å². The first-order valence-electron chi connectivity index (χ1n) is 8.17. The Labute approximate surface area is 167 Å². The van der Waals surface area contributed by atoms with Gasteiger partial charge in [-0.3, -0.25) is 0 Å². The molecule has 1 heterocycles. The highest BCUT2D eigenvalue weighted by Crippen LogP contribution is 2.23. The highest BCUT2D eigenvalue weighted by atomic mass is 127. The molecule has 0 radical (unpaired) electrons. The lowest BCUT2D eigenvalue weighted by atomic mass is 10.0. The van der Waals surface area contributed by atoms with Gasteiger partial charge < -0.3 is 11.1 Å². The first kappa shape index (κ1) is 21.9. The topological polar surface area (TPSA) is 87.8 Å². The average molecular weight is 478 g/mol. The van der Waals surface area contributed by atoms with E-state index in [1.807, 2.05) is 0 Å². The van der Waals surface area contributed by atoms with Gasteiger partial charge in [0.25, 0.3) is 0 Å². The molecule has 6 nitrogen and oxygen atoms in total. The smallest absolute Gasteiger partial charge is 0.243 e. The number of benzene rings is 1. The molecule has 25 heavy (non-hydrogen) atoms. The minimum atomic E-state index is -3.41. The van der Waals surface area contributed by atoms with E-state index in [9.17, 15) is 8.42 Å². The van der Waals surface area contributed by atoms with E-state index >= 15 is 0 Å². The molecule has 1 saturated heterocycles. The van der Waals surface area contributed by atoms with Crippen LogP contribution in [0.5, 0.6) is 0 Å². The predicted molar refractivity (Wildman–Crippen MR) is 113 cm³/mol. The molecule has 1 atom stereocenters. The Morgan fingerprint density at radius 1 is 1.44 bits per heavy atom. The van der Waals surface area contributed by atoms with Gasteiger partial charge in [0.05, 0.1) is 11.4 Å². The summed E-state index contributed by atoms with van der Waals surface area (Å²) in [7, 11) is -3.41. The molecule has 0 aromatic heterocycles. The Bertz CT molecular complexity index is 689. The molecule has 8 heteroatoms. The first-order valence-corrected chi connectivity index (χ1v) is 9.61. The van der Waals surface area contributed by atoms with Crippen LogP contribution in [0.2, 0.25) is 0 Å². The number of nitrogens with two attached hydrogens (primary N) is 1. The van der Waals surface area contributed by atoms with Crippen molar-refractivity contribution in [2.24, 2.45) is 16.6 Å². The molecule has 1 aliphatic rings. The zero-order valence-corrected chi connectivity index (χ0v) is 17.7. The van der Waals surface area contributed by atoms with Crippen LogP contribution in [0, 0.1) is 5.92 Å². The molecule has 0 spiro atoms. The van der Waals surface area contributed by atoms with E-state index < -0.39 is 10.0 Å². The number of halogens is 1. The zero-order chi connectivity index (χ0) is 17.6. The largest absolute Gasteiger partial charge is 0.370 e. The number of nitrogens with one attached hydrogen (secondary N) is 1. The SMILES string of the molecule is C=CCNC(N)=NCc1ccc(S(=O)(=O)N2CCCC(C)C2)cc1.I. The second kappa shape index (κ2) is 10.1. The van der Waals surface area contributed by atoms with Gasteiger partial charge in [-0.25, -0.2) is 13.4 Å². The van der Waals surface area contributed by atoms with Gasteiger partial charge in [0, 0.05) is 19.6 Å². The van der Waals surface area contributed by atoms with Crippen molar-refractivity contribution >= 4 is 40.0 Å². The number of nitrogens with zero attached hydrogens (tertiary/aromatic N) is 2. The summed E-state index contributed by atoms with van der Waals surface area (Å²) in [5, 5.41) is 2.89. The van der Waals surface area contributed by atoms with Gasteiger partial charge in [-0.05, 0) is 36.5 Å². The molecule has 0 amide bonds. The fraction of sp³-hybridized carbons (Fsp3) is 0.471. The summed E-state index contributed by atoms with van der Waals surface area (Å²) < 4.78 is 27.0. The van der Waals surface area contributed by atoms with Crippen LogP contribution in [0.25, 0.3) is 0 Å². The lowest BCUT2D eigenvalue weighted by Crippen LogP contribution is -2.39. The van der Waals surface area contributed by atoms with Gasteiger partial charge in [0.1, 0.15) is 0 Å². The van der Waals surface area contributed by atoms with Crippen molar-refractivity contribution in [3.05, 3.63) is 42.5 Å². The van der Waals surface area contributed by atoms with Crippen LogP contribution in [0.15, 0.2) is 46.8 Å². The van der Waals surface area contributed by atoms with Gasteiger partial charge in [0.2, 0.25) is 10.0 Å². The molecule has 0 saturated carbocycles. The summed E-state index contributed by atoms with van der Waals surface area (Å²) in [4.78, 5) is 4.53. The van der Waals surface area contributed by atoms with Crippen molar-refractivity contribution in [3.8, 4) is 0 Å². The monoisotopic (exact) mass is 478 g/mol. The predicted octanol–water partition coefficient (Wildman–Crippen LogP) is 2.32. The van der Waals surface area contributed by atoms with E-state index in [4.69, 9.17) is 5.73 Å². The molecule has 1 fully saturated rings. The molecule has 1 aromatic rings. The molecule has 1 aliphatic heterocycles. The van der Waals surface area contributed by atoms with E-state index in [1.54, 1.807) is 34.6 Å². The fourth-order valence-corrected chi connectivity index (χ4v) is 4.29. The molecular formula is C17H27IN4O2S. The maximum atomic E-state index is 12.7. The van der Waals surface area contributed by atoms with Crippen molar-refractivity contribution in [2.75, 3.05) is 19.6 Å². The number of guanidine groups is 1. The molecule has 140 valence electrons. The summed E-state index contributed by atoms with van der Waals surface area (Å²) in [5.74, 6) is 0.752. The Kier molecular flexibility index (Phi) is 8.87. The molecule has 2 rings (SSSR count). The normalized spacial score (nSPS) is 19.1. The zero-order valence-electron chi connectivity index (χ0n) is 14.5. The third-order valence-corrected chi connectivity index (χ3v) is 5.92. The molecule has 0 bridgehead atoms. The van der Waals surface area contributed by atoms with Crippen LogP contribution < -0.4 is 11.1 Å². The molecule has 3 N–H and O–H groups in total. The number of aliphatic imine (C=N–C) groups is 1. The summed E-state index contributed by atoms with van der Waals surface area (Å²) in [6, 6.07) is 6.86. The van der Waals surface area contributed by atoms with Gasteiger partial charge in [-0.15, -0.1) is 30.6 Å². The first-order chi connectivity index (χ1) is 11.4. The highest BCUT2D eigenvalue weighted by Gasteiger charge is 2.28. The van der Waals surface area contributed by atoms with Crippen molar-refractivity contribution in [2.45, 2.75) is 31.2 Å². The molecule has 0 aliphatic carbocycles. The maximum absolute atomic E-state index is 12.7. The van der Waals surface area contributed by atoms with Crippen LogP contribution in [0.3, 0.4) is 0 Å². The van der Waals surface area contributed by atoms with Gasteiger partial charge in [-0.2, -0.15) is 4.31 Å². The minimum absolute atomic E-state index is 0. The molecule has 1 unspecified atom stereocenters. The van der Waals surface area contributed by atoms with E-state index in [2.05, 4.69) is 23.8 Å². The summed E-state index contributed by atoms with van der Waals surface area (Å²) in [5.41, 5.74) is 6.61. The quantitative estimate of drug-likeness (QED) is 0.284. The Morgan fingerprint density at radius 2 is 2.12 bits per heavy atom. The van der Waals surface area contributed by atoms with Gasteiger partial charge >= 0.3 is 0 Å². The third-order valence-electron chi connectivity index (χ3n) is 4.04. The van der Waals surface area contributed by atoms with Crippen molar-refractivity contribution in [1.82, 2.24) is 9.62 Å². The number of hydrogen-bond donors (Lipinski definition) is 2. The molecular weight excluding hydrogens is 451 g/mol. The van der Waals surface area contributed by atoms with Crippen molar-refractivity contribution < 1.29 is 8.42 Å². The highest BCUT2D eigenvalue weighted by molar-refractivity contribution is 14.0. The standard InChI is InChI=1S/C17H26N4O2S.HI/c1-3-10-19-17(18)20-12-15-6-8-16(9-7-15)24(22,23)21-11-4-5-14(2)13-21;/h3,6-9,14H,1,4-5,10-13H2,2H3,(H3,18,19,20);1H. The van der Waals surface area contributed by atoms with Crippen molar-refractivity contribution in [1.29, 1.82) is 0 Å². The van der Waals surface area contributed by atoms with E-state index in [1.165, 1.54) is 0 Å². The van der Waals surface area contributed by atoms with Gasteiger partial charge in [-0.1, -0.05) is 25.1 Å². The van der Waals surface area contributed by atoms with E-state index in [0.29, 0.717) is 43.0 Å². The average Bonchev–Trinajstić information content (AvgIpc) is 2.58. The van der Waals surface area contributed by atoms with E-state index in [0.717, 1.165) is 18.4 Å².